The van der Waals surface area contributed by atoms with Crippen molar-refractivity contribution in [2.24, 2.45) is 0 Å². The van der Waals surface area contributed by atoms with Gasteiger partial charge in [-0.05, 0) is 46.8 Å². The van der Waals surface area contributed by atoms with Crippen molar-refractivity contribution in [2.45, 2.75) is 0 Å². The molecule has 3 heterocycles. The highest BCUT2D eigenvalue weighted by atomic mass is 32.2. The molecule has 7 heteroatoms. The molecule has 0 unspecified atom stereocenters. The molecule has 124 valence electrons. The van der Waals surface area contributed by atoms with Gasteiger partial charge in [-0.2, -0.15) is 0 Å². The van der Waals surface area contributed by atoms with Crippen LogP contribution in [0.3, 0.4) is 0 Å². The summed E-state index contributed by atoms with van der Waals surface area (Å²) in [7, 11) is 1.66. The standard InChI is InChI=1S/C18H12N2O2S3/c1-22-15-4-5-19-14-3-2-10(7-13(14)15)11-6-12(24-9-11)8-16-17(21)20-18(23)25-16/h2-9H,1H3,(H,20,21,23). The normalized spacial score (nSPS) is 15.8. The molecule has 1 aliphatic heterocycles. The molecule has 1 aliphatic rings. The predicted molar refractivity (Wildman–Crippen MR) is 108 cm³/mol. The average molecular weight is 385 g/mol. The quantitative estimate of drug-likeness (QED) is 0.534. The number of carbonyl (C=O) groups is 1. The van der Waals surface area contributed by atoms with Gasteiger partial charge in [0.2, 0.25) is 0 Å². The van der Waals surface area contributed by atoms with E-state index >= 15 is 0 Å². The number of thioether (sulfide) groups is 1. The lowest BCUT2D eigenvalue weighted by Gasteiger charge is -2.06. The van der Waals surface area contributed by atoms with Gasteiger partial charge >= 0.3 is 0 Å². The number of hydrogen-bond donors (Lipinski definition) is 1. The lowest BCUT2D eigenvalue weighted by molar-refractivity contribution is -0.115. The summed E-state index contributed by atoms with van der Waals surface area (Å²) in [5.41, 5.74) is 3.07. The molecular formula is C18H12N2O2S3. The van der Waals surface area contributed by atoms with Gasteiger partial charge in [0.25, 0.3) is 5.91 Å². The summed E-state index contributed by atoms with van der Waals surface area (Å²) < 4.78 is 5.93. The maximum Gasteiger partial charge on any atom is 0.263 e. The zero-order valence-corrected chi connectivity index (χ0v) is 15.6. The summed E-state index contributed by atoms with van der Waals surface area (Å²) in [6.45, 7) is 0. The summed E-state index contributed by atoms with van der Waals surface area (Å²) in [6.07, 6.45) is 3.61. The van der Waals surface area contributed by atoms with Crippen molar-refractivity contribution in [3.63, 3.8) is 0 Å². The Morgan fingerprint density at radius 3 is 2.88 bits per heavy atom. The lowest BCUT2D eigenvalue weighted by atomic mass is 10.1. The van der Waals surface area contributed by atoms with E-state index in [0.717, 1.165) is 32.7 Å². The molecule has 0 saturated carbocycles. The molecule has 0 spiro atoms. The summed E-state index contributed by atoms with van der Waals surface area (Å²) >= 11 is 7.90. The second-order valence-corrected chi connectivity index (χ2v) is 8.00. The SMILES string of the molecule is COc1ccnc2ccc(-c3csc(C=C4SC(=S)NC4=O)c3)cc12. The highest BCUT2D eigenvalue weighted by Crippen LogP contribution is 2.33. The van der Waals surface area contributed by atoms with Crippen molar-refractivity contribution >= 4 is 62.5 Å². The van der Waals surface area contributed by atoms with Crippen molar-refractivity contribution in [3.8, 4) is 16.9 Å². The zero-order chi connectivity index (χ0) is 17.4. The van der Waals surface area contributed by atoms with Crippen LogP contribution in [-0.4, -0.2) is 22.3 Å². The average Bonchev–Trinajstić information content (AvgIpc) is 3.20. The number of ether oxygens (including phenoxy) is 1. The van der Waals surface area contributed by atoms with E-state index in [2.05, 4.69) is 27.8 Å². The number of rotatable bonds is 3. The second kappa shape index (κ2) is 6.59. The van der Waals surface area contributed by atoms with Crippen LogP contribution < -0.4 is 10.1 Å². The molecule has 2 aromatic heterocycles. The minimum absolute atomic E-state index is 0.133. The fraction of sp³-hybridized carbons (Fsp3) is 0.0556. The number of hydrogen-bond acceptors (Lipinski definition) is 6. The van der Waals surface area contributed by atoms with Crippen LogP contribution in [0.2, 0.25) is 0 Å². The van der Waals surface area contributed by atoms with Gasteiger partial charge in [0, 0.05) is 16.5 Å². The number of aromatic nitrogens is 1. The van der Waals surface area contributed by atoms with Gasteiger partial charge in [-0.3, -0.25) is 9.78 Å². The molecule has 1 aromatic carbocycles. The first kappa shape index (κ1) is 16.3. The number of fused-ring (bicyclic) bond motifs is 1. The number of amides is 1. The van der Waals surface area contributed by atoms with Crippen LogP contribution in [0.5, 0.6) is 5.75 Å². The van der Waals surface area contributed by atoms with Gasteiger partial charge in [0.1, 0.15) is 10.1 Å². The minimum Gasteiger partial charge on any atom is -0.496 e. The lowest BCUT2D eigenvalue weighted by Crippen LogP contribution is -2.17. The fourth-order valence-corrected chi connectivity index (χ4v) is 4.57. The number of thiocarbonyl (C=S) groups is 1. The van der Waals surface area contributed by atoms with Gasteiger partial charge < -0.3 is 10.1 Å². The van der Waals surface area contributed by atoms with Crippen LogP contribution >= 0.6 is 35.3 Å². The molecule has 0 aliphatic carbocycles. The van der Waals surface area contributed by atoms with Gasteiger partial charge in [0.05, 0.1) is 17.5 Å². The first-order chi connectivity index (χ1) is 12.1. The Hall–Kier alpha value is -2.22. The van der Waals surface area contributed by atoms with Crippen molar-refractivity contribution in [1.82, 2.24) is 10.3 Å². The van der Waals surface area contributed by atoms with Crippen molar-refractivity contribution in [3.05, 3.63) is 51.7 Å². The number of pyridine rings is 1. The van der Waals surface area contributed by atoms with Crippen molar-refractivity contribution in [2.75, 3.05) is 7.11 Å². The molecule has 1 amide bonds. The van der Waals surface area contributed by atoms with Crippen molar-refractivity contribution < 1.29 is 9.53 Å². The van der Waals surface area contributed by atoms with Crippen LogP contribution in [0.4, 0.5) is 0 Å². The molecule has 1 fully saturated rings. The van der Waals surface area contributed by atoms with Crippen LogP contribution in [-0.2, 0) is 4.79 Å². The van der Waals surface area contributed by atoms with Crippen LogP contribution in [0, 0.1) is 0 Å². The number of nitrogens with zero attached hydrogens (tertiary/aromatic N) is 1. The maximum atomic E-state index is 11.8. The second-order valence-electron chi connectivity index (χ2n) is 5.34. The number of methoxy groups -OCH3 is 1. The van der Waals surface area contributed by atoms with E-state index < -0.39 is 0 Å². The van der Waals surface area contributed by atoms with Crippen LogP contribution in [0.1, 0.15) is 4.88 Å². The third-order valence-electron chi connectivity index (χ3n) is 3.79. The molecule has 0 atom stereocenters. The van der Waals surface area contributed by atoms with E-state index in [0.29, 0.717) is 9.23 Å². The fourth-order valence-electron chi connectivity index (χ4n) is 2.61. The minimum atomic E-state index is -0.133. The van der Waals surface area contributed by atoms with E-state index in [1.807, 2.05) is 24.3 Å². The predicted octanol–water partition coefficient (Wildman–Crippen LogP) is 4.46. The van der Waals surface area contributed by atoms with Crippen molar-refractivity contribution in [1.29, 1.82) is 0 Å². The Morgan fingerprint density at radius 2 is 2.12 bits per heavy atom. The number of carbonyl (C=O) groups excluding carboxylic acids is 1. The smallest absolute Gasteiger partial charge is 0.263 e. The summed E-state index contributed by atoms with van der Waals surface area (Å²) in [4.78, 5) is 17.8. The highest BCUT2D eigenvalue weighted by molar-refractivity contribution is 8.26. The number of thiophene rings is 1. The van der Waals surface area contributed by atoms with E-state index in [1.54, 1.807) is 24.6 Å². The van der Waals surface area contributed by atoms with Gasteiger partial charge in [-0.1, -0.05) is 30.0 Å². The van der Waals surface area contributed by atoms with E-state index in [1.165, 1.54) is 11.8 Å². The van der Waals surface area contributed by atoms with E-state index in [-0.39, 0.29) is 5.91 Å². The van der Waals surface area contributed by atoms with Gasteiger partial charge in [-0.15, -0.1) is 11.3 Å². The molecular weight excluding hydrogens is 372 g/mol. The highest BCUT2D eigenvalue weighted by Gasteiger charge is 2.22. The molecule has 1 saturated heterocycles. The van der Waals surface area contributed by atoms with E-state index in [9.17, 15) is 4.79 Å². The first-order valence-corrected chi connectivity index (χ1v) is 9.51. The maximum absolute atomic E-state index is 11.8. The number of benzene rings is 1. The van der Waals surface area contributed by atoms with E-state index in [4.69, 9.17) is 17.0 Å². The Kier molecular flexibility index (Phi) is 4.29. The van der Waals surface area contributed by atoms with Gasteiger partial charge in [-0.25, -0.2) is 0 Å². The Bertz CT molecular complexity index is 1040. The zero-order valence-electron chi connectivity index (χ0n) is 13.1. The molecule has 4 rings (SSSR count). The molecule has 3 aromatic rings. The molecule has 4 nitrogen and oxygen atoms in total. The molecule has 0 bridgehead atoms. The Balaban J connectivity index is 1.71. The third-order valence-corrected chi connectivity index (χ3v) is 5.83. The molecule has 1 N–H and O–H groups in total. The summed E-state index contributed by atoms with van der Waals surface area (Å²) in [5, 5.41) is 5.68. The van der Waals surface area contributed by atoms with Gasteiger partial charge in [0.15, 0.2) is 0 Å². The molecule has 25 heavy (non-hydrogen) atoms. The first-order valence-electron chi connectivity index (χ1n) is 7.40. The Morgan fingerprint density at radius 1 is 1.24 bits per heavy atom. The largest absolute Gasteiger partial charge is 0.496 e. The van der Waals surface area contributed by atoms with Crippen LogP contribution in [0.15, 0.2) is 46.8 Å². The number of nitrogens with one attached hydrogen (secondary N) is 1. The topological polar surface area (TPSA) is 51.2 Å². The summed E-state index contributed by atoms with van der Waals surface area (Å²) in [5.74, 6) is 0.670. The third kappa shape index (κ3) is 3.18. The Labute approximate surface area is 157 Å². The van der Waals surface area contributed by atoms with Crippen LogP contribution in [0.25, 0.3) is 28.1 Å². The monoisotopic (exact) mass is 384 g/mol. The summed E-state index contributed by atoms with van der Waals surface area (Å²) in [6, 6.07) is 10.0. The molecule has 0 radical (unpaired) electrons.